The maximum Gasteiger partial charge on any atom is 0.451 e. The zero-order valence-corrected chi connectivity index (χ0v) is 8.33. The van der Waals surface area contributed by atoms with E-state index in [0.717, 1.165) is 0 Å². The van der Waals surface area contributed by atoms with Gasteiger partial charge in [-0.05, 0) is 19.3 Å². The summed E-state index contributed by atoms with van der Waals surface area (Å²) in [5, 5.41) is 8.38. The van der Waals surface area contributed by atoms with Gasteiger partial charge in [-0.3, -0.25) is 9.59 Å². The minimum absolute atomic E-state index is 0.0197. The molecule has 16 heavy (non-hydrogen) atoms. The molecule has 8 heteroatoms. The van der Waals surface area contributed by atoms with Crippen molar-refractivity contribution in [3.63, 3.8) is 0 Å². The van der Waals surface area contributed by atoms with E-state index in [1.54, 1.807) is 0 Å². The number of carboxylic acid groups (broad SMARTS) is 1. The van der Waals surface area contributed by atoms with E-state index in [1.165, 1.54) is 0 Å². The molecule has 0 bridgehead atoms. The van der Waals surface area contributed by atoms with Crippen LogP contribution in [0.5, 0.6) is 0 Å². The largest absolute Gasteiger partial charge is 0.480 e. The quantitative estimate of drug-likeness (QED) is 0.609. The Hall–Kier alpha value is -1.15. The van der Waals surface area contributed by atoms with Crippen molar-refractivity contribution in [1.29, 1.82) is 0 Å². The van der Waals surface area contributed by atoms with Crippen LogP contribution in [0.15, 0.2) is 0 Å². The van der Waals surface area contributed by atoms with Crippen molar-refractivity contribution < 1.29 is 27.9 Å². The standard InChI is InChI=1S/C8H13F3N2O3/c9-8(10,11)6(14)4(12)2-1-3-5(13)7(15)16/h4-5H,1-3,12-13H2,(H,15,16). The van der Waals surface area contributed by atoms with Crippen LogP contribution in [0.3, 0.4) is 0 Å². The predicted molar refractivity (Wildman–Crippen MR) is 48.5 cm³/mol. The van der Waals surface area contributed by atoms with Crippen LogP contribution in [-0.2, 0) is 9.59 Å². The topological polar surface area (TPSA) is 106 Å². The van der Waals surface area contributed by atoms with E-state index in [0.29, 0.717) is 0 Å². The van der Waals surface area contributed by atoms with Crippen LogP contribution in [0.1, 0.15) is 19.3 Å². The molecule has 0 aliphatic rings. The Morgan fingerprint density at radius 3 is 1.94 bits per heavy atom. The summed E-state index contributed by atoms with van der Waals surface area (Å²) in [6.45, 7) is 0. The smallest absolute Gasteiger partial charge is 0.451 e. The van der Waals surface area contributed by atoms with Crippen LogP contribution in [0.2, 0.25) is 0 Å². The van der Waals surface area contributed by atoms with Gasteiger partial charge in [0.2, 0.25) is 0 Å². The van der Waals surface area contributed by atoms with Gasteiger partial charge in [0.1, 0.15) is 6.04 Å². The molecule has 5 nitrogen and oxygen atoms in total. The van der Waals surface area contributed by atoms with Gasteiger partial charge in [0.05, 0.1) is 6.04 Å². The number of Topliss-reactive ketones (excluding diaryl/α,β-unsaturated/α-hetero) is 1. The third-order valence-electron chi connectivity index (χ3n) is 1.96. The number of carbonyl (C=O) groups is 2. The molecule has 2 unspecified atom stereocenters. The van der Waals surface area contributed by atoms with Crippen LogP contribution in [0, 0.1) is 0 Å². The lowest BCUT2D eigenvalue weighted by Gasteiger charge is -2.13. The van der Waals surface area contributed by atoms with E-state index < -0.39 is 30.0 Å². The molecule has 0 saturated heterocycles. The summed E-state index contributed by atoms with van der Waals surface area (Å²) in [6.07, 6.45) is -5.15. The Labute approximate surface area is 89.6 Å². The SMILES string of the molecule is NC(CCCC(N)C(=O)C(F)(F)F)C(=O)O. The fourth-order valence-electron chi connectivity index (χ4n) is 1.02. The number of nitrogens with two attached hydrogens (primary N) is 2. The zero-order valence-electron chi connectivity index (χ0n) is 8.33. The number of alkyl halides is 3. The highest BCUT2D eigenvalue weighted by atomic mass is 19.4. The van der Waals surface area contributed by atoms with Gasteiger partial charge in [-0.2, -0.15) is 13.2 Å². The minimum atomic E-state index is -4.95. The Morgan fingerprint density at radius 1 is 1.12 bits per heavy atom. The highest BCUT2D eigenvalue weighted by molar-refractivity contribution is 5.88. The van der Waals surface area contributed by atoms with E-state index in [2.05, 4.69) is 0 Å². The summed E-state index contributed by atoms with van der Waals surface area (Å²) >= 11 is 0. The van der Waals surface area contributed by atoms with Crippen LogP contribution >= 0.6 is 0 Å². The van der Waals surface area contributed by atoms with E-state index in [4.69, 9.17) is 16.6 Å². The molecule has 0 fully saturated rings. The molecule has 0 radical (unpaired) electrons. The lowest BCUT2D eigenvalue weighted by Crippen LogP contribution is -2.40. The first-order chi connectivity index (χ1) is 7.16. The van der Waals surface area contributed by atoms with Crippen LogP contribution in [0.25, 0.3) is 0 Å². The molecule has 5 N–H and O–H groups in total. The molecular weight excluding hydrogens is 229 g/mol. The molecule has 0 aliphatic carbocycles. The highest BCUT2D eigenvalue weighted by Gasteiger charge is 2.41. The van der Waals surface area contributed by atoms with Gasteiger partial charge in [-0.25, -0.2) is 0 Å². The Kier molecular flexibility index (Phi) is 5.39. The number of rotatable bonds is 6. The summed E-state index contributed by atoms with van der Waals surface area (Å²) < 4.78 is 35.6. The van der Waals surface area contributed by atoms with E-state index in [-0.39, 0.29) is 19.3 Å². The van der Waals surface area contributed by atoms with Crippen molar-refractivity contribution in [3.8, 4) is 0 Å². The van der Waals surface area contributed by atoms with Crippen molar-refractivity contribution in [1.82, 2.24) is 0 Å². The van der Waals surface area contributed by atoms with Crippen LogP contribution < -0.4 is 11.5 Å². The summed E-state index contributed by atoms with van der Waals surface area (Å²) in [6, 6.07) is -2.80. The van der Waals surface area contributed by atoms with Gasteiger partial charge < -0.3 is 16.6 Å². The summed E-state index contributed by atoms with van der Waals surface area (Å²) in [4.78, 5) is 20.8. The van der Waals surface area contributed by atoms with Gasteiger partial charge in [0.15, 0.2) is 0 Å². The summed E-state index contributed by atoms with van der Waals surface area (Å²) in [5.74, 6) is -3.24. The average molecular weight is 242 g/mol. The lowest BCUT2D eigenvalue weighted by molar-refractivity contribution is -0.172. The van der Waals surface area contributed by atoms with Gasteiger partial charge >= 0.3 is 12.1 Å². The number of ketones is 1. The van der Waals surface area contributed by atoms with Crippen molar-refractivity contribution in [3.05, 3.63) is 0 Å². The lowest BCUT2D eigenvalue weighted by atomic mass is 10.0. The van der Waals surface area contributed by atoms with Crippen LogP contribution in [-0.4, -0.2) is 35.1 Å². The monoisotopic (exact) mass is 242 g/mol. The Morgan fingerprint density at radius 2 is 1.56 bits per heavy atom. The summed E-state index contributed by atoms with van der Waals surface area (Å²) in [5.41, 5.74) is 10.1. The molecule has 0 saturated carbocycles. The molecule has 0 heterocycles. The van der Waals surface area contributed by atoms with E-state index in [1.807, 2.05) is 0 Å². The number of halogens is 3. The average Bonchev–Trinajstić information content (AvgIpc) is 2.14. The maximum atomic E-state index is 11.9. The van der Waals surface area contributed by atoms with Gasteiger partial charge in [-0.1, -0.05) is 0 Å². The first-order valence-corrected chi connectivity index (χ1v) is 4.51. The number of aliphatic carboxylic acids is 1. The molecule has 0 aromatic carbocycles. The minimum Gasteiger partial charge on any atom is -0.480 e. The number of carboxylic acids is 1. The van der Waals surface area contributed by atoms with E-state index in [9.17, 15) is 22.8 Å². The second-order valence-electron chi connectivity index (χ2n) is 3.34. The van der Waals surface area contributed by atoms with Crippen molar-refractivity contribution in [2.24, 2.45) is 11.5 Å². The summed E-state index contributed by atoms with van der Waals surface area (Å²) in [7, 11) is 0. The van der Waals surface area contributed by atoms with Gasteiger partial charge in [0.25, 0.3) is 5.78 Å². The maximum absolute atomic E-state index is 11.9. The van der Waals surface area contributed by atoms with Crippen molar-refractivity contribution in [2.75, 3.05) is 0 Å². The second kappa shape index (κ2) is 5.80. The van der Waals surface area contributed by atoms with Crippen LogP contribution in [0.4, 0.5) is 13.2 Å². The third-order valence-corrected chi connectivity index (χ3v) is 1.96. The fraction of sp³-hybridized carbons (Fsp3) is 0.750. The second-order valence-corrected chi connectivity index (χ2v) is 3.34. The highest BCUT2D eigenvalue weighted by Crippen LogP contribution is 2.19. The molecule has 0 amide bonds. The molecule has 2 atom stereocenters. The Balaban J connectivity index is 3.95. The predicted octanol–water partition coefficient (Wildman–Crippen LogP) is 0.0273. The molecule has 94 valence electrons. The van der Waals surface area contributed by atoms with Gasteiger partial charge in [0, 0.05) is 0 Å². The van der Waals surface area contributed by atoms with Crippen molar-refractivity contribution >= 4 is 11.8 Å². The zero-order chi connectivity index (χ0) is 12.9. The molecule has 0 spiro atoms. The molecular formula is C8H13F3N2O3. The number of hydrogen-bond acceptors (Lipinski definition) is 4. The van der Waals surface area contributed by atoms with Crippen molar-refractivity contribution in [2.45, 2.75) is 37.5 Å². The normalized spacial score (nSPS) is 15.6. The molecule has 0 aromatic heterocycles. The fourth-order valence-corrected chi connectivity index (χ4v) is 1.02. The number of carbonyl (C=O) groups excluding carboxylic acids is 1. The first-order valence-electron chi connectivity index (χ1n) is 4.51. The van der Waals surface area contributed by atoms with Gasteiger partial charge in [-0.15, -0.1) is 0 Å². The third kappa shape index (κ3) is 5.08. The van der Waals surface area contributed by atoms with E-state index >= 15 is 0 Å². The number of hydrogen-bond donors (Lipinski definition) is 3. The molecule has 0 aliphatic heterocycles. The molecule has 0 aromatic rings. The Bertz CT molecular complexity index is 268. The molecule has 0 rings (SSSR count). The first kappa shape index (κ1) is 14.8.